The summed E-state index contributed by atoms with van der Waals surface area (Å²) >= 11 is 0. The summed E-state index contributed by atoms with van der Waals surface area (Å²) in [5.41, 5.74) is 14.3. The molecule has 0 aliphatic heterocycles. The van der Waals surface area contributed by atoms with Gasteiger partial charge in [-0.05, 0) is 53.8 Å². The first-order valence-electron chi connectivity index (χ1n) is 14.3. The number of nitrogens with one attached hydrogen (secondary N) is 1. The Labute approximate surface area is 276 Å². The summed E-state index contributed by atoms with van der Waals surface area (Å²) in [5.74, 6) is -0.754. The number of rotatable bonds is 9. The van der Waals surface area contributed by atoms with E-state index in [-0.39, 0.29) is 60.4 Å². The van der Waals surface area contributed by atoms with Crippen molar-refractivity contribution in [3.63, 3.8) is 0 Å². The molecule has 1 saturated carbocycles. The molecule has 0 bridgehead atoms. The summed E-state index contributed by atoms with van der Waals surface area (Å²) in [4.78, 5) is 39.7. The average Bonchev–Trinajstić information content (AvgIpc) is 3.76. The van der Waals surface area contributed by atoms with Gasteiger partial charge < -0.3 is 21.5 Å². The number of aromatic nitrogens is 6. The Balaban J connectivity index is 0.00000240. The molecule has 0 unspecified atom stereocenters. The third kappa shape index (κ3) is 6.96. The van der Waals surface area contributed by atoms with Crippen LogP contribution in [-0.4, -0.2) is 41.3 Å². The Morgan fingerprint density at radius 2 is 1.91 bits per heavy atom. The maximum Gasteiger partial charge on any atom is 0.323 e. The van der Waals surface area contributed by atoms with Gasteiger partial charge in [-0.25, -0.2) is 4.39 Å². The Morgan fingerprint density at radius 3 is 2.59 bits per heavy atom. The van der Waals surface area contributed by atoms with E-state index in [4.69, 9.17) is 16.2 Å². The first-order valence-corrected chi connectivity index (χ1v) is 14.3. The van der Waals surface area contributed by atoms with Crippen molar-refractivity contribution in [3.8, 4) is 17.1 Å². The Kier molecular flexibility index (Phi) is 10.3. The van der Waals surface area contributed by atoms with E-state index >= 15 is 4.39 Å². The highest BCUT2D eigenvalue weighted by Gasteiger charge is 2.26. The minimum atomic E-state index is -0.855. The van der Waals surface area contributed by atoms with Crippen molar-refractivity contribution in [1.29, 1.82) is 0 Å². The predicted octanol–water partition coefficient (Wildman–Crippen LogP) is 4.79. The van der Waals surface area contributed by atoms with Crippen molar-refractivity contribution < 1.29 is 13.9 Å². The smallest absolute Gasteiger partial charge is 0.323 e. The molecule has 46 heavy (non-hydrogen) atoms. The number of nitrogens with zero attached hydrogens (tertiary/aromatic N) is 6. The zero-order chi connectivity index (χ0) is 31.1. The second-order valence-corrected chi connectivity index (χ2v) is 11.3. The maximum absolute atomic E-state index is 15.4. The number of hydrogen-bond acceptors (Lipinski definition) is 10. The van der Waals surface area contributed by atoms with Crippen molar-refractivity contribution in [1.82, 2.24) is 29.3 Å². The summed E-state index contributed by atoms with van der Waals surface area (Å²) in [7, 11) is 1.77. The van der Waals surface area contributed by atoms with Crippen molar-refractivity contribution >= 4 is 59.1 Å². The standard InChI is InChI=1S/C31H32FN9O3.2ClH/c1-16(2)26(33)29(43)44-15-22-21(27-37-30(34)39-31(38-27)36-20-13-35-40(3)14-20)5-4-6-24(22)41-10-9-18-11-19(17-7-8-17)12-23(32)25(18)28(41)42;;/h4-6,9-14,16-17,26H,7-8,15,33H2,1-3H3,(H3,34,36,37,38,39);2*1H/t26-;;/m0../s1. The van der Waals surface area contributed by atoms with Gasteiger partial charge in [0.1, 0.15) is 18.5 Å². The number of aryl methyl sites for hydroxylation is 1. The Hall–Kier alpha value is -4.59. The fraction of sp³-hybridized carbons (Fsp3) is 0.290. The number of hydrogen-bond donors (Lipinski definition) is 3. The van der Waals surface area contributed by atoms with Crippen LogP contribution in [0.4, 0.5) is 22.0 Å². The zero-order valence-corrected chi connectivity index (χ0v) is 26.9. The highest BCUT2D eigenvalue weighted by Crippen LogP contribution is 2.41. The molecule has 15 heteroatoms. The molecule has 0 radical (unpaired) electrons. The summed E-state index contributed by atoms with van der Waals surface area (Å²) in [6.45, 7) is 3.36. The van der Waals surface area contributed by atoms with E-state index in [0.29, 0.717) is 33.8 Å². The molecular formula is C31H34Cl2FN9O3. The number of halogens is 3. The Morgan fingerprint density at radius 1 is 1.15 bits per heavy atom. The van der Waals surface area contributed by atoms with Crippen LogP contribution in [-0.2, 0) is 23.2 Å². The maximum atomic E-state index is 15.4. The van der Waals surface area contributed by atoms with Gasteiger partial charge >= 0.3 is 5.97 Å². The molecule has 1 fully saturated rings. The lowest BCUT2D eigenvalue weighted by molar-refractivity contribution is -0.147. The third-order valence-electron chi connectivity index (χ3n) is 7.64. The largest absolute Gasteiger partial charge is 0.460 e. The van der Waals surface area contributed by atoms with E-state index in [0.717, 1.165) is 18.4 Å². The van der Waals surface area contributed by atoms with Gasteiger partial charge in [-0.2, -0.15) is 20.1 Å². The monoisotopic (exact) mass is 669 g/mol. The predicted molar refractivity (Wildman–Crippen MR) is 178 cm³/mol. The molecule has 12 nitrogen and oxygen atoms in total. The summed E-state index contributed by atoms with van der Waals surface area (Å²) in [6.07, 6.45) is 6.95. The highest BCUT2D eigenvalue weighted by molar-refractivity contribution is 5.86. The molecule has 5 N–H and O–H groups in total. The van der Waals surface area contributed by atoms with E-state index in [1.54, 1.807) is 54.6 Å². The van der Waals surface area contributed by atoms with E-state index in [2.05, 4.69) is 25.4 Å². The first kappa shape index (κ1) is 34.3. The first-order chi connectivity index (χ1) is 21.1. The van der Waals surface area contributed by atoms with Crippen LogP contribution in [0, 0.1) is 11.7 Å². The molecule has 0 amide bonds. The van der Waals surface area contributed by atoms with Crippen LogP contribution in [0.1, 0.15) is 43.7 Å². The van der Waals surface area contributed by atoms with E-state index in [1.165, 1.54) is 10.6 Å². The number of fused-ring (bicyclic) bond motifs is 1. The van der Waals surface area contributed by atoms with Crippen molar-refractivity contribution in [3.05, 3.63) is 82.3 Å². The number of esters is 1. The van der Waals surface area contributed by atoms with Crippen LogP contribution in [0.25, 0.3) is 27.8 Å². The summed E-state index contributed by atoms with van der Waals surface area (Å²) in [5, 5.41) is 7.67. The number of anilines is 3. The molecule has 5 aromatic rings. The second-order valence-electron chi connectivity index (χ2n) is 11.3. The number of benzene rings is 2. The molecule has 0 saturated heterocycles. The lowest BCUT2D eigenvalue weighted by Gasteiger charge is -2.19. The second kappa shape index (κ2) is 13.8. The fourth-order valence-electron chi connectivity index (χ4n) is 5.05. The molecule has 1 aliphatic carbocycles. The number of carbonyl (C=O) groups is 1. The molecule has 242 valence electrons. The number of carbonyl (C=O) groups excluding carboxylic acids is 1. The molecule has 2 aromatic carbocycles. The average molecular weight is 671 g/mol. The lowest BCUT2D eigenvalue weighted by atomic mass is 10.0. The van der Waals surface area contributed by atoms with Crippen LogP contribution in [0.15, 0.2) is 59.8 Å². The van der Waals surface area contributed by atoms with Crippen LogP contribution in [0.5, 0.6) is 0 Å². The van der Waals surface area contributed by atoms with E-state index < -0.39 is 23.4 Å². The Bertz CT molecular complexity index is 1960. The molecule has 1 atom stereocenters. The van der Waals surface area contributed by atoms with Gasteiger partial charge in [0.25, 0.3) is 5.56 Å². The molecular weight excluding hydrogens is 636 g/mol. The van der Waals surface area contributed by atoms with Crippen LogP contribution in [0.2, 0.25) is 0 Å². The minimum Gasteiger partial charge on any atom is -0.460 e. The normalized spacial score (nSPS) is 13.2. The van der Waals surface area contributed by atoms with Crippen LogP contribution < -0.4 is 22.3 Å². The van der Waals surface area contributed by atoms with Crippen LogP contribution in [0.3, 0.4) is 0 Å². The summed E-state index contributed by atoms with van der Waals surface area (Å²) < 4.78 is 24.0. The number of nitrogen functional groups attached to an aromatic ring is 1. The third-order valence-corrected chi connectivity index (χ3v) is 7.64. The molecule has 0 spiro atoms. The van der Waals surface area contributed by atoms with Gasteiger partial charge in [-0.3, -0.25) is 18.8 Å². The number of ether oxygens (including phenoxy) is 1. The topological polar surface area (TPSA) is 169 Å². The van der Waals surface area contributed by atoms with Crippen molar-refractivity contribution in [2.24, 2.45) is 18.7 Å². The number of pyridine rings is 1. The molecule has 6 rings (SSSR count). The molecule has 1 aliphatic rings. The lowest BCUT2D eigenvalue weighted by Crippen LogP contribution is -2.37. The van der Waals surface area contributed by atoms with E-state index in [9.17, 15) is 9.59 Å². The van der Waals surface area contributed by atoms with Gasteiger partial charge in [0.05, 0.1) is 23.0 Å². The van der Waals surface area contributed by atoms with Crippen molar-refractivity contribution in [2.75, 3.05) is 11.1 Å². The van der Waals surface area contributed by atoms with E-state index in [1.807, 2.05) is 19.9 Å². The van der Waals surface area contributed by atoms with Gasteiger partial charge in [-0.15, -0.1) is 24.8 Å². The SMILES string of the molecule is CC(C)[C@H](N)C(=O)OCc1c(-c2nc(N)nc(Nc3cnn(C)c3)n2)cccc1-n1ccc2cc(C3CC3)cc(F)c2c1=O.Cl.Cl. The number of nitrogens with two attached hydrogens (primary N) is 2. The quantitative estimate of drug-likeness (QED) is 0.186. The van der Waals surface area contributed by atoms with Crippen molar-refractivity contribution in [2.45, 2.75) is 45.3 Å². The van der Waals surface area contributed by atoms with Gasteiger partial charge in [-0.1, -0.05) is 32.0 Å². The van der Waals surface area contributed by atoms with Gasteiger partial charge in [0.2, 0.25) is 11.9 Å². The van der Waals surface area contributed by atoms with Gasteiger partial charge in [0, 0.05) is 30.6 Å². The molecule has 3 heterocycles. The zero-order valence-electron chi connectivity index (χ0n) is 25.3. The summed E-state index contributed by atoms with van der Waals surface area (Å²) in [6, 6.07) is 9.27. The van der Waals surface area contributed by atoms with Crippen LogP contribution >= 0.6 is 24.8 Å². The molecule has 3 aromatic heterocycles. The minimum absolute atomic E-state index is 0. The fourth-order valence-corrected chi connectivity index (χ4v) is 5.05. The highest BCUT2D eigenvalue weighted by atomic mass is 35.5. The van der Waals surface area contributed by atoms with Gasteiger partial charge in [0.15, 0.2) is 5.82 Å².